The molecular weight excluding hydrogens is 503 g/mol. The van der Waals surface area contributed by atoms with E-state index in [1.165, 1.54) is 18.2 Å². The van der Waals surface area contributed by atoms with Crippen molar-refractivity contribution < 1.29 is 18.0 Å². The predicted molar refractivity (Wildman–Crippen MR) is 147 cm³/mol. The lowest BCUT2D eigenvalue weighted by atomic mass is 10.0. The molecular formula is C30H34F3N5O. The molecule has 3 heterocycles. The Kier molecular flexibility index (Phi) is 9.01. The van der Waals surface area contributed by atoms with Crippen molar-refractivity contribution in [2.24, 2.45) is 0 Å². The molecule has 0 N–H and O–H groups in total. The minimum atomic E-state index is -4.40. The van der Waals surface area contributed by atoms with E-state index in [0.717, 1.165) is 55.0 Å². The summed E-state index contributed by atoms with van der Waals surface area (Å²) in [7, 11) is 1.94. The zero-order chi connectivity index (χ0) is 28.0. The fourth-order valence-corrected chi connectivity index (χ4v) is 4.79. The van der Waals surface area contributed by atoms with Crippen LogP contribution in [-0.2, 0) is 17.5 Å². The molecule has 1 aromatic carbocycles. The highest BCUT2D eigenvalue weighted by atomic mass is 19.4. The maximum atomic E-state index is 13.5. The Balaban J connectivity index is 1.54. The van der Waals surface area contributed by atoms with Crippen molar-refractivity contribution in [3.63, 3.8) is 0 Å². The lowest BCUT2D eigenvalue weighted by molar-refractivity contribution is -0.137. The van der Waals surface area contributed by atoms with Crippen LogP contribution >= 0.6 is 0 Å². The Morgan fingerprint density at radius 1 is 1.05 bits per heavy atom. The third kappa shape index (κ3) is 7.44. The summed E-state index contributed by atoms with van der Waals surface area (Å²) in [5, 5.41) is 0. The van der Waals surface area contributed by atoms with E-state index < -0.39 is 11.7 Å². The number of carbonyl (C=O) groups excluding carboxylic acids is 1. The van der Waals surface area contributed by atoms with Gasteiger partial charge < -0.3 is 14.7 Å². The van der Waals surface area contributed by atoms with Crippen LogP contribution in [0, 0.1) is 0 Å². The second kappa shape index (κ2) is 12.4. The van der Waals surface area contributed by atoms with Crippen molar-refractivity contribution in [2.45, 2.75) is 51.5 Å². The highest BCUT2D eigenvalue weighted by molar-refractivity contribution is 5.92. The highest BCUT2D eigenvalue weighted by Crippen LogP contribution is 2.29. The fraction of sp³-hybridized carbons (Fsp3) is 0.367. The highest BCUT2D eigenvalue weighted by Gasteiger charge is 2.30. The van der Waals surface area contributed by atoms with Gasteiger partial charge >= 0.3 is 6.18 Å². The SMILES string of the molecule is CC(C)N1CCC(N(Cc2cncc(N(C)c3cccnc3)c2)C(=O)C=Cc2ccc(C(F)(F)F)cc2)CC1. The van der Waals surface area contributed by atoms with Gasteiger partial charge in [-0.3, -0.25) is 14.8 Å². The first-order valence-corrected chi connectivity index (χ1v) is 13.1. The fourth-order valence-electron chi connectivity index (χ4n) is 4.79. The van der Waals surface area contributed by atoms with Gasteiger partial charge in [0.25, 0.3) is 0 Å². The molecule has 0 aliphatic carbocycles. The summed E-state index contributed by atoms with van der Waals surface area (Å²) in [4.78, 5) is 28.4. The molecule has 39 heavy (non-hydrogen) atoms. The quantitative estimate of drug-likeness (QED) is 0.321. The van der Waals surface area contributed by atoms with Crippen LogP contribution in [0.15, 0.2) is 73.3 Å². The molecule has 0 bridgehead atoms. The van der Waals surface area contributed by atoms with E-state index in [1.807, 2.05) is 35.0 Å². The largest absolute Gasteiger partial charge is 0.416 e. The van der Waals surface area contributed by atoms with Crippen LogP contribution in [0.2, 0.25) is 0 Å². The topological polar surface area (TPSA) is 52.6 Å². The predicted octanol–water partition coefficient (Wildman–Crippen LogP) is 6.18. The maximum Gasteiger partial charge on any atom is 0.416 e. The van der Waals surface area contributed by atoms with Gasteiger partial charge in [0.1, 0.15) is 0 Å². The van der Waals surface area contributed by atoms with Gasteiger partial charge in [0.15, 0.2) is 0 Å². The maximum absolute atomic E-state index is 13.5. The molecule has 2 aromatic heterocycles. The van der Waals surface area contributed by atoms with Gasteiger partial charge in [-0.15, -0.1) is 0 Å². The molecule has 3 aromatic rings. The van der Waals surface area contributed by atoms with Crippen molar-refractivity contribution in [2.75, 3.05) is 25.0 Å². The summed E-state index contributed by atoms with van der Waals surface area (Å²) in [6, 6.07) is 11.1. The van der Waals surface area contributed by atoms with Crippen LogP contribution in [0.4, 0.5) is 24.5 Å². The average molecular weight is 538 g/mol. The lowest BCUT2D eigenvalue weighted by Crippen LogP contribution is -2.48. The van der Waals surface area contributed by atoms with Gasteiger partial charge in [0.2, 0.25) is 5.91 Å². The molecule has 0 radical (unpaired) electrons. The van der Waals surface area contributed by atoms with E-state index >= 15 is 0 Å². The Morgan fingerprint density at radius 2 is 1.74 bits per heavy atom. The summed E-state index contributed by atoms with van der Waals surface area (Å²) in [5.74, 6) is -0.177. The lowest BCUT2D eigenvalue weighted by Gasteiger charge is -2.39. The third-order valence-electron chi connectivity index (χ3n) is 7.16. The van der Waals surface area contributed by atoms with Crippen LogP contribution in [0.1, 0.15) is 43.4 Å². The van der Waals surface area contributed by atoms with Gasteiger partial charge in [-0.05, 0) is 74.2 Å². The van der Waals surface area contributed by atoms with Crippen LogP contribution in [0.3, 0.4) is 0 Å². The van der Waals surface area contributed by atoms with E-state index in [4.69, 9.17) is 0 Å². The Labute approximate surface area is 227 Å². The second-order valence-corrected chi connectivity index (χ2v) is 10.1. The van der Waals surface area contributed by atoms with Crippen molar-refractivity contribution >= 4 is 23.4 Å². The van der Waals surface area contributed by atoms with E-state index in [-0.39, 0.29) is 11.9 Å². The van der Waals surface area contributed by atoms with E-state index in [9.17, 15) is 18.0 Å². The van der Waals surface area contributed by atoms with Crippen molar-refractivity contribution in [3.8, 4) is 0 Å². The molecule has 206 valence electrons. The van der Waals surface area contributed by atoms with E-state index in [2.05, 4.69) is 28.7 Å². The number of anilines is 2. The van der Waals surface area contributed by atoms with Crippen molar-refractivity contribution in [3.05, 3.63) is 90.0 Å². The Bertz CT molecular complexity index is 1250. The second-order valence-electron chi connectivity index (χ2n) is 10.1. The molecule has 1 aliphatic heterocycles. The molecule has 4 rings (SSSR count). The summed E-state index contributed by atoms with van der Waals surface area (Å²) >= 11 is 0. The number of alkyl halides is 3. The summed E-state index contributed by atoms with van der Waals surface area (Å²) in [6.07, 6.45) is 7.36. The molecule has 0 atom stereocenters. The smallest absolute Gasteiger partial charge is 0.342 e. The summed E-state index contributed by atoms with van der Waals surface area (Å²) in [6.45, 7) is 6.52. The van der Waals surface area contributed by atoms with Crippen LogP contribution in [0.5, 0.6) is 0 Å². The number of pyridine rings is 2. The number of amides is 1. The monoisotopic (exact) mass is 537 g/mol. The van der Waals surface area contributed by atoms with Crippen LogP contribution in [0.25, 0.3) is 6.08 Å². The first kappa shape index (κ1) is 28.3. The molecule has 9 heteroatoms. The number of piperidine rings is 1. The van der Waals surface area contributed by atoms with Gasteiger partial charge in [0.05, 0.1) is 29.3 Å². The first-order chi connectivity index (χ1) is 18.6. The third-order valence-corrected chi connectivity index (χ3v) is 7.16. The van der Waals surface area contributed by atoms with Crippen molar-refractivity contribution in [1.29, 1.82) is 0 Å². The minimum Gasteiger partial charge on any atom is -0.342 e. The number of halogens is 3. The number of hydrogen-bond donors (Lipinski definition) is 0. The standard InChI is InChI=1S/C30H34F3N5O/c1-22(2)37-15-12-26(13-16-37)38(29(39)11-8-23-6-9-25(10-7-23)30(31,32)33)21-24-17-28(20-35-18-24)36(3)27-5-4-14-34-19-27/h4-11,14,17-20,22,26H,12-13,15-16,21H2,1-3H3. The molecule has 6 nitrogen and oxygen atoms in total. The van der Waals surface area contributed by atoms with Crippen LogP contribution < -0.4 is 4.90 Å². The van der Waals surface area contributed by atoms with E-state index in [0.29, 0.717) is 18.2 Å². The number of rotatable bonds is 8. The van der Waals surface area contributed by atoms with Crippen LogP contribution in [-0.4, -0.2) is 57.9 Å². The molecule has 1 aliphatic rings. The Morgan fingerprint density at radius 3 is 2.36 bits per heavy atom. The van der Waals surface area contributed by atoms with Gasteiger partial charge in [-0.1, -0.05) is 12.1 Å². The molecule has 1 saturated heterocycles. The Hall–Kier alpha value is -3.72. The minimum absolute atomic E-state index is 0.0458. The van der Waals surface area contributed by atoms with E-state index in [1.54, 1.807) is 30.9 Å². The normalized spacial score (nSPS) is 15.2. The zero-order valence-corrected chi connectivity index (χ0v) is 22.5. The van der Waals surface area contributed by atoms with Gasteiger partial charge in [0, 0.05) is 57.2 Å². The molecule has 0 saturated carbocycles. The number of benzene rings is 1. The number of nitrogens with zero attached hydrogens (tertiary/aromatic N) is 5. The summed E-state index contributed by atoms with van der Waals surface area (Å²) < 4.78 is 38.7. The average Bonchev–Trinajstić information content (AvgIpc) is 2.94. The number of carbonyl (C=O) groups is 1. The molecule has 1 fully saturated rings. The molecule has 0 unspecified atom stereocenters. The summed E-state index contributed by atoms with van der Waals surface area (Å²) in [5.41, 5.74) is 2.51. The van der Waals surface area contributed by atoms with Crippen molar-refractivity contribution in [1.82, 2.24) is 19.8 Å². The zero-order valence-electron chi connectivity index (χ0n) is 22.5. The first-order valence-electron chi connectivity index (χ1n) is 13.1. The molecule has 1 amide bonds. The number of hydrogen-bond acceptors (Lipinski definition) is 5. The molecule has 0 spiro atoms. The number of aromatic nitrogens is 2. The van der Waals surface area contributed by atoms with Gasteiger partial charge in [-0.25, -0.2) is 0 Å². The van der Waals surface area contributed by atoms with Gasteiger partial charge in [-0.2, -0.15) is 13.2 Å². The number of likely N-dealkylation sites (tertiary alicyclic amines) is 1.